The molecule has 0 radical (unpaired) electrons. The van der Waals surface area contributed by atoms with Gasteiger partial charge in [0.05, 0.1) is 30.7 Å². The zero-order chi connectivity index (χ0) is 19.8. The Balaban J connectivity index is 1.40. The van der Waals surface area contributed by atoms with Gasteiger partial charge in [-0.2, -0.15) is 10.2 Å². The molecule has 0 aliphatic heterocycles. The number of nitrogens with one attached hydrogen (secondary N) is 1. The van der Waals surface area contributed by atoms with E-state index in [1.54, 1.807) is 17.8 Å². The van der Waals surface area contributed by atoms with E-state index in [1.165, 1.54) is 4.68 Å². The summed E-state index contributed by atoms with van der Waals surface area (Å²) in [5.41, 5.74) is 3.48. The van der Waals surface area contributed by atoms with Gasteiger partial charge in [0, 0.05) is 45.2 Å². The predicted molar refractivity (Wildman–Crippen MR) is 104 cm³/mol. The van der Waals surface area contributed by atoms with Crippen LogP contribution in [0.15, 0.2) is 29.3 Å². The standard InChI is InChI=1S/C19H25N7O2/c1-12-9-21-25(3)17(12)10-20-16-8-18(23-26(4)19(16)27)28-11-13-7-14(13)15-5-6-24(2)22-15/h5-6,8-9,13-14,20H,7,10-11H2,1-4H3/t13?,14-/m1/s1. The first-order valence-electron chi connectivity index (χ1n) is 9.34. The first kappa shape index (κ1) is 18.3. The number of hydrogen-bond donors (Lipinski definition) is 1. The lowest BCUT2D eigenvalue weighted by Gasteiger charge is -2.11. The number of aryl methyl sites for hydroxylation is 4. The highest BCUT2D eigenvalue weighted by molar-refractivity contribution is 5.44. The van der Waals surface area contributed by atoms with Crippen LogP contribution in [-0.4, -0.2) is 35.9 Å². The lowest BCUT2D eigenvalue weighted by atomic mass is 10.2. The Kier molecular flexibility index (Phi) is 4.66. The molecule has 2 atom stereocenters. The topological polar surface area (TPSA) is 91.8 Å². The maximum absolute atomic E-state index is 12.4. The molecule has 0 spiro atoms. The summed E-state index contributed by atoms with van der Waals surface area (Å²) in [6.45, 7) is 3.06. The van der Waals surface area contributed by atoms with Crippen molar-refractivity contribution in [2.45, 2.75) is 25.8 Å². The molecule has 3 aromatic rings. The van der Waals surface area contributed by atoms with Gasteiger partial charge in [-0.1, -0.05) is 0 Å². The molecule has 3 aromatic heterocycles. The molecule has 0 aromatic carbocycles. The summed E-state index contributed by atoms with van der Waals surface area (Å²) >= 11 is 0. The third kappa shape index (κ3) is 3.64. The van der Waals surface area contributed by atoms with E-state index in [2.05, 4.69) is 26.7 Å². The van der Waals surface area contributed by atoms with E-state index >= 15 is 0 Å². The van der Waals surface area contributed by atoms with Crippen LogP contribution in [0.4, 0.5) is 5.69 Å². The smallest absolute Gasteiger partial charge is 0.290 e. The minimum absolute atomic E-state index is 0.190. The van der Waals surface area contributed by atoms with Crippen molar-refractivity contribution in [3.63, 3.8) is 0 Å². The van der Waals surface area contributed by atoms with E-state index in [-0.39, 0.29) is 5.56 Å². The fraction of sp³-hybridized carbons (Fsp3) is 0.474. The molecule has 3 heterocycles. The van der Waals surface area contributed by atoms with Crippen LogP contribution in [0.25, 0.3) is 0 Å². The molecule has 1 aliphatic rings. The second kappa shape index (κ2) is 7.14. The van der Waals surface area contributed by atoms with Crippen molar-refractivity contribution in [1.29, 1.82) is 0 Å². The van der Waals surface area contributed by atoms with E-state index in [1.807, 2.05) is 38.1 Å². The summed E-state index contributed by atoms with van der Waals surface area (Å²) in [5.74, 6) is 1.32. The number of anilines is 1. The predicted octanol–water partition coefficient (Wildman–Crippen LogP) is 1.35. The van der Waals surface area contributed by atoms with E-state index in [0.29, 0.717) is 36.6 Å². The zero-order valence-electron chi connectivity index (χ0n) is 16.6. The molecule has 9 nitrogen and oxygen atoms in total. The van der Waals surface area contributed by atoms with Crippen molar-refractivity contribution in [1.82, 2.24) is 29.3 Å². The van der Waals surface area contributed by atoms with Crippen molar-refractivity contribution in [2.24, 2.45) is 27.1 Å². The van der Waals surface area contributed by atoms with E-state index in [9.17, 15) is 4.79 Å². The summed E-state index contributed by atoms with van der Waals surface area (Å²) in [5, 5.41) is 16.1. The van der Waals surface area contributed by atoms with Crippen LogP contribution >= 0.6 is 0 Å². The molecule has 9 heteroatoms. The van der Waals surface area contributed by atoms with Gasteiger partial charge in [-0.05, 0) is 25.0 Å². The lowest BCUT2D eigenvalue weighted by molar-refractivity contribution is 0.278. The van der Waals surface area contributed by atoms with Gasteiger partial charge in [0.25, 0.3) is 5.56 Å². The van der Waals surface area contributed by atoms with Gasteiger partial charge in [-0.3, -0.25) is 14.2 Å². The second-order valence-electron chi connectivity index (χ2n) is 7.40. The van der Waals surface area contributed by atoms with E-state index in [0.717, 1.165) is 23.4 Å². The largest absolute Gasteiger partial charge is 0.476 e. The van der Waals surface area contributed by atoms with Crippen molar-refractivity contribution < 1.29 is 4.74 Å². The van der Waals surface area contributed by atoms with Crippen LogP contribution in [0.1, 0.15) is 29.3 Å². The minimum atomic E-state index is -0.190. The molecule has 28 heavy (non-hydrogen) atoms. The Morgan fingerprint density at radius 3 is 2.75 bits per heavy atom. The summed E-state index contributed by atoms with van der Waals surface area (Å²) < 4.78 is 10.8. The lowest BCUT2D eigenvalue weighted by Crippen LogP contribution is -2.24. The molecule has 4 rings (SSSR count). The fourth-order valence-electron chi connectivity index (χ4n) is 3.40. The van der Waals surface area contributed by atoms with Gasteiger partial charge < -0.3 is 10.1 Å². The SMILES string of the molecule is Cc1cnn(C)c1CNc1cc(OCC2C[C@H]2c2ccn(C)n2)nn(C)c1=O. The zero-order valence-corrected chi connectivity index (χ0v) is 16.6. The van der Waals surface area contributed by atoms with Crippen LogP contribution < -0.4 is 15.6 Å². The molecule has 1 aliphatic carbocycles. The third-order valence-corrected chi connectivity index (χ3v) is 5.24. The summed E-state index contributed by atoms with van der Waals surface area (Å²) in [6, 6.07) is 3.73. The highest BCUT2D eigenvalue weighted by Gasteiger charge is 2.40. The Hall–Kier alpha value is -3.10. The molecule has 0 amide bonds. The van der Waals surface area contributed by atoms with Crippen molar-refractivity contribution in [3.05, 3.63) is 51.8 Å². The van der Waals surface area contributed by atoms with Crippen LogP contribution in [0.2, 0.25) is 0 Å². The average molecular weight is 383 g/mol. The number of ether oxygens (including phenoxy) is 1. The molecule has 0 bridgehead atoms. The molecule has 1 fully saturated rings. The van der Waals surface area contributed by atoms with Crippen molar-refractivity contribution in [3.8, 4) is 5.88 Å². The highest BCUT2D eigenvalue weighted by Crippen LogP contribution is 2.46. The van der Waals surface area contributed by atoms with E-state index in [4.69, 9.17) is 4.74 Å². The Bertz CT molecular complexity index is 1030. The highest BCUT2D eigenvalue weighted by atomic mass is 16.5. The molecule has 1 N–H and O–H groups in total. The Labute approximate surface area is 162 Å². The average Bonchev–Trinajstić information content (AvgIpc) is 3.20. The van der Waals surface area contributed by atoms with E-state index < -0.39 is 0 Å². The van der Waals surface area contributed by atoms with Crippen LogP contribution in [-0.2, 0) is 27.7 Å². The third-order valence-electron chi connectivity index (χ3n) is 5.24. The molecule has 1 saturated carbocycles. The monoisotopic (exact) mass is 383 g/mol. The first-order valence-corrected chi connectivity index (χ1v) is 9.34. The maximum Gasteiger partial charge on any atom is 0.290 e. The van der Waals surface area contributed by atoms with Gasteiger partial charge in [0.2, 0.25) is 5.88 Å². The van der Waals surface area contributed by atoms with Gasteiger partial charge in [-0.15, -0.1) is 5.10 Å². The van der Waals surface area contributed by atoms with Gasteiger partial charge in [0.1, 0.15) is 5.69 Å². The number of aromatic nitrogens is 6. The maximum atomic E-state index is 12.4. The van der Waals surface area contributed by atoms with Crippen molar-refractivity contribution in [2.75, 3.05) is 11.9 Å². The van der Waals surface area contributed by atoms with Crippen LogP contribution in [0, 0.1) is 12.8 Å². The molecule has 0 saturated heterocycles. The molecule has 148 valence electrons. The normalized spacial score (nSPS) is 18.3. The van der Waals surface area contributed by atoms with Gasteiger partial charge in [-0.25, -0.2) is 4.68 Å². The number of nitrogens with zero attached hydrogens (tertiary/aromatic N) is 6. The van der Waals surface area contributed by atoms with Crippen LogP contribution in [0.5, 0.6) is 5.88 Å². The Morgan fingerprint density at radius 2 is 2.07 bits per heavy atom. The van der Waals surface area contributed by atoms with Crippen molar-refractivity contribution >= 4 is 5.69 Å². The fourth-order valence-corrected chi connectivity index (χ4v) is 3.40. The van der Waals surface area contributed by atoms with Gasteiger partial charge >= 0.3 is 0 Å². The molecular formula is C19H25N7O2. The summed E-state index contributed by atoms with van der Waals surface area (Å²) in [7, 11) is 5.44. The molecule has 1 unspecified atom stereocenters. The number of rotatable bonds is 7. The quantitative estimate of drug-likeness (QED) is 0.662. The van der Waals surface area contributed by atoms with Crippen LogP contribution in [0.3, 0.4) is 0 Å². The Morgan fingerprint density at radius 1 is 1.25 bits per heavy atom. The minimum Gasteiger partial charge on any atom is -0.476 e. The second-order valence-corrected chi connectivity index (χ2v) is 7.40. The first-order chi connectivity index (χ1) is 13.4. The number of hydrogen-bond acceptors (Lipinski definition) is 6. The summed E-state index contributed by atoms with van der Waals surface area (Å²) in [6.07, 6.45) is 4.83. The summed E-state index contributed by atoms with van der Waals surface area (Å²) in [4.78, 5) is 12.4. The molecular weight excluding hydrogens is 358 g/mol. The van der Waals surface area contributed by atoms with Gasteiger partial charge in [0.15, 0.2) is 0 Å².